The molecule has 2 rings (SSSR count). The first-order valence-corrected chi connectivity index (χ1v) is 6.25. The molecule has 0 radical (unpaired) electrons. The predicted octanol–water partition coefficient (Wildman–Crippen LogP) is 2.99. The third-order valence-corrected chi connectivity index (χ3v) is 2.50. The molecule has 1 aromatic heterocycles. The average molecular weight is 272 g/mol. The third-order valence-electron chi connectivity index (χ3n) is 2.50. The van der Waals surface area contributed by atoms with Gasteiger partial charge in [-0.1, -0.05) is 12.1 Å². The predicted molar refractivity (Wildman–Crippen MR) is 75.6 cm³/mol. The molecule has 2 N–H and O–H groups in total. The summed E-state index contributed by atoms with van der Waals surface area (Å²) >= 11 is 0. The number of ether oxygens (including phenoxy) is 2. The van der Waals surface area contributed by atoms with Gasteiger partial charge in [-0.25, -0.2) is 9.78 Å². The molecule has 0 saturated carbocycles. The van der Waals surface area contributed by atoms with Gasteiger partial charge in [0.05, 0.1) is 6.10 Å². The highest BCUT2D eigenvalue weighted by molar-refractivity contribution is 5.69. The van der Waals surface area contributed by atoms with Gasteiger partial charge in [0, 0.05) is 12.3 Å². The minimum atomic E-state index is -0.879. The number of carbonyl (C=O) groups excluding carboxylic acids is 1. The summed E-state index contributed by atoms with van der Waals surface area (Å²) < 4.78 is 10.3. The highest BCUT2D eigenvalue weighted by atomic mass is 16.6. The number of carbonyl (C=O) groups is 1. The quantitative estimate of drug-likeness (QED) is 0.928. The van der Waals surface area contributed by atoms with Crippen LogP contribution in [0.5, 0.6) is 11.6 Å². The van der Waals surface area contributed by atoms with Crippen molar-refractivity contribution in [2.75, 3.05) is 0 Å². The first kappa shape index (κ1) is 13.9. The Bertz CT molecular complexity index is 594. The largest absolute Gasteiger partial charge is 0.491 e. The molecule has 5 nitrogen and oxygen atoms in total. The van der Waals surface area contributed by atoms with Crippen LogP contribution in [0.2, 0.25) is 0 Å². The summed E-state index contributed by atoms with van der Waals surface area (Å²) in [7, 11) is 0. The molecule has 0 saturated heterocycles. The first-order chi connectivity index (χ1) is 9.54. The lowest BCUT2D eigenvalue weighted by Crippen LogP contribution is -2.16. The second kappa shape index (κ2) is 6.06. The Labute approximate surface area is 117 Å². The summed E-state index contributed by atoms with van der Waals surface area (Å²) in [5.74, 6) is 0.990. The van der Waals surface area contributed by atoms with Gasteiger partial charge in [-0.2, -0.15) is 0 Å². The number of hydrogen-bond acceptors (Lipinski definition) is 4. The summed E-state index contributed by atoms with van der Waals surface area (Å²) in [6, 6.07) is 11.1. The van der Waals surface area contributed by atoms with E-state index in [0.29, 0.717) is 0 Å². The van der Waals surface area contributed by atoms with Crippen LogP contribution in [0.4, 0.5) is 4.79 Å². The van der Waals surface area contributed by atoms with Gasteiger partial charge in [0.15, 0.2) is 0 Å². The molecule has 104 valence electrons. The second-order valence-corrected chi connectivity index (χ2v) is 4.49. The smallest absolute Gasteiger partial charge is 0.411 e. The fourth-order valence-corrected chi connectivity index (χ4v) is 1.75. The Morgan fingerprint density at radius 2 is 1.85 bits per heavy atom. The van der Waals surface area contributed by atoms with E-state index in [2.05, 4.69) is 4.98 Å². The van der Waals surface area contributed by atoms with E-state index in [-0.39, 0.29) is 12.0 Å². The number of pyridine rings is 1. The van der Waals surface area contributed by atoms with Gasteiger partial charge in [0.2, 0.25) is 5.88 Å². The van der Waals surface area contributed by atoms with E-state index in [1.165, 1.54) is 0 Å². The molecule has 5 heteroatoms. The Hall–Kier alpha value is -2.56. The zero-order chi connectivity index (χ0) is 14.5. The molecular weight excluding hydrogens is 256 g/mol. The molecule has 0 aliphatic rings. The van der Waals surface area contributed by atoms with Gasteiger partial charge in [-0.3, -0.25) is 0 Å². The third kappa shape index (κ3) is 3.71. The molecular formula is C15H16N2O3. The molecule has 20 heavy (non-hydrogen) atoms. The zero-order valence-corrected chi connectivity index (χ0v) is 11.4. The van der Waals surface area contributed by atoms with Crippen LogP contribution in [0.15, 0.2) is 42.6 Å². The number of benzene rings is 1. The second-order valence-electron chi connectivity index (χ2n) is 4.49. The zero-order valence-electron chi connectivity index (χ0n) is 11.4. The monoisotopic (exact) mass is 272 g/mol. The maximum absolute atomic E-state index is 10.7. The van der Waals surface area contributed by atoms with Crippen molar-refractivity contribution in [1.29, 1.82) is 0 Å². The highest BCUT2D eigenvalue weighted by Gasteiger charge is 2.04. The van der Waals surface area contributed by atoms with Crippen LogP contribution < -0.4 is 15.2 Å². The molecule has 0 aliphatic carbocycles. The minimum absolute atomic E-state index is 0.136. The summed E-state index contributed by atoms with van der Waals surface area (Å²) in [4.78, 5) is 14.6. The van der Waals surface area contributed by atoms with E-state index >= 15 is 0 Å². The lowest BCUT2D eigenvalue weighted by Gasteiger charge is -2.10. The fourth-order valence-electron chi connectivity index (χ4n) is 1.75. The maximum Gasteiger partial charge on any atom is 0.411 e. The van der Waals surface area contributed by atoms with Crippen LogP contribution in [-0.2, 0) is 0 Å². The van der Waals surface area contributed by atoms with E-state index in [1.54, 1.807) is 12.3 Å². The number of amides is 1. The number of nitrogens with two attached hydrogens (primary N) is 1. The standard InChI is InChI=1S/C15H16N2O3/c1-10(2)19-13-5-3-11(4-6-13)12-7-8-17-14(9-12)20-15(16)18/h3-10H,1-2H3,(H2,16,18). The molecule has 1 heterocycles. The van der Waals surface area contributed by atoms with Crippen LogP contribution in [0, 0.1) is 0 Å². The lowest BCUT2D eigenvalue weighted by molar-refractivity contribution is 0.209. The minimum Gasteiger partial charge on any atom is -0.491 e. The molecule has 0 atom stereocenters. The molecule has 0 bridgehead atoms. The molecule has 0 spiro atoms. The van der Waals surface area contributed by atoms with Crippen molar-refractivity contribution < 1.29 is 14.3 Å². The van der Waals surface area contributed by atoms with E-state index < -0.39 is 6.09 Å². The van der Waals surface area contributed by atoms with Gasteiger partial charge in [-0.05, 0) is 43.2 Å². The highest BCUT2D eigenvalue weighted by Crippen LogP contribution is 2.24. The van der Waals surface area contributed by atoms with E-state index in [4.69, 9.17) is 15.2 Å². The van der Waals surface area contributed by atoms with Gasteiger partial charge >= 0.3 is 6.09 Å². The van der Waals surface area contributed by atoms with Gasteiger partial charge < -0.3 is 15.2 Å². The SMILES string of the molecule is CC(C)Oc1ccc(-c2ccnc(OC(N)=O)c2)cc1. The Kier molecular flexibility index (Phi) is 4.20. The van der Waals surface area contributed by atoms with Crippen LogP contribution in [-0.4, -0.2) is 17.2 Å². The van der Waals surface area contributed by atoms with Crippen LogP contribution in [0.1, 0.15) is 13.8 Å². The summed E-state index contributed by atoms with van der Waals surface area (Å²) in [5.41, 5.74) is 6.81. The average Bonchev–Trinajstić information content (AvgIpc) is 2.38. The first-order valence-electron chi connectivity index (χ1n) is 6.25. The molecule has 1 amide bonds. The molecule has 0 unspecified atom stereocenters. The van der Waals surface area contributed by atoms with E-state index in [0.717, 1.165) is 16.9 Å². The topological polar surface area (TPSA) is 74.4 Å². The van der Waals surface area contributed by atoms with Gasteiger partial charge in [0.25, 0.3) is 0 Å². The van der Waals surface area contributed by atoms with Crippen molar-refractivity contribution in [2.45, 2.75) is 20.0 Å². The summed E-state index contributed by atoms with van der Waals surface area (Å²) in [5, 5.41) is 0. The maximum atomic E-state index is 10.7. The summed E-state index contributed by atoms with van der Waals surface area (Å²) in [6.45, 7) is 3.95. The number of rotatable bonds is 4. The van der Waals surface area contributed by atoms with Gasteiger partial charge in [0.1, 0.15) is 5.75 Å². The van der Waals surface area contributed by atoms with Crippen molar-refractivity contribution in [3.63, 3.8) is 0 Å². The normalized spacial score (nSPS) is 10.3. The summed E-state index contributed by atoms with van der Waals surface area (Å²) in [6.07, 6.45) is 0.819. The molecule has 2 aromatic rings. The molecule has 0 fully saturated rings. The number of nitrogens with zero attached hydrogens (tertiary/aromatic N) is 1. The van der Waals surface area contributed by atoms with Crippen LogP contribution >= 0.6 is 0 Å². The van der Waals surface area contributed by atoms with Crippen molar-refractivity contribution >= 4 is 6.09 Å². The van der Waals surface area contributed by atoms with Crippen molar-refractivity contribution in [1.82, 2.24) is 4.98 Å². The van der Waals surface area contributed by atoms with E-state index in [9.17, 15) is 4.79 Å². The molecule has 1 aromatic carbocycles. The lowest BCUT2D eigenvalue weighted by atomic mass is 10.1. The fraction of sp³-hybridized carbons (Fsp3) is 0.200. The number of aromatic nitrogens is 1. The van der Waals surface area contributed by atoms with Gasteiger partial charge in [-0.15, -0.1) is 0 Å². The van der Waals surface area contributed by atoms with Crippen molar-refractivity contribution in [3.05, 3.63) is 42.6 Å². The van der Waals surface area contributed by atoms with Crippen LogP contribution in [0.3, 0.4) is 0 Å². The Morgan fingerprint density at radius 1 is 1.15 bits per heavy atom. The Morgan fingerprint density at radius 3 is 2.45 bits per heavy atom. The van der Waals surface area contributed by atoms with Crippen molar-refractivity contribution in [3.8, 4) is 22.8 Å². The van der Waals surface area contributed by atoms with E-state index in [1.807, 2.05) is 44.2 Å². The number of primary amides is 1. The van der Waals surface area contributed by atoms with Crippen LogP contribution in [0.25, 0.3) is 11.1 Å². The van der Waals surface area contributed by atoms with Crippen molar-refractivity contribution in [2.24, 2.45) is 5.73 Å². The molecule has 0 aliphatic heterocycles. The Balaban J connectivity index is 2.20. The number of hydrogen-bond donors (Lipinski definition) is 1.